The van der Waals surface area contributed by atoms with E-state index in [-0.39, 0.29) is 5.91 Å². The number of hydrogen-bond acceptors (Lipinski definition) is 2. The number of carbonyl (C=O) groups is 1. The molecule has 1 aromatic heterocycles. The molecule has 1 amide bonds. The molecule has 0 radical (unpaired) electrons. The van der Waals surface area contributed by atoms with E-state index in [0.29, 0.717) is 29.8 Å². The quantitative estimate of drug-likeness (QED) is 0.857. The Bertz CT molecular complexity index is 756. The summed E-state index contributed by atoms with van der Waals surface area (Å²) in [5, 5.41) is 3.91. The first-order valence-electron chi connectivity index (χ1n) is 9.02. The molecule has 4 rings (SSSR count). The van der Waals surface area contributed by atoms with Gasteiger partial charge in [-0.2, -0.15) is 0 Å². The van der Waals surface area contributed by atoms with Gasteiger partial charge in [-0.3, -0.25) is 4.79 Å². The predicted octanol–water partition coefficient (Wildman–Crippen LogP) is 4.09. The fraction of sp³-hybridized carbons (Fsp3) is 0.579. The van der Waals surface area contributed by atoms with Crippen LogP contribution in [0.3, 0.4) is 0 Å². The molecule has 2 aromatic rings. The van der Waals surface area contributed by atoms with Gasteiger partial charge < -0.3 is 10.3 Å². The van der Waals surface area contributed by atoms with Crippen molar-refractivity contribution in [3.05, 3.63) is 29.0 Å². The van der Waals surface area contributed by atoms with Gasteiger partial charge in [0.15, 0.2) is 0 Å². The summed E-state index contributed by atoms with van der Waals surface area (Å²) in [6.45, 7) is 2.17. The lowest BCUT2D eigenvalue weighted by Crippen LogP contribution is -2.40. The molecule has 4 nitrogen and oxygen atoms in total. The smallest absolute Gasteiger partial charge is 0.220 e. The van der Waals surface area contributed by atoms with Gasteiger partial charge in [0.2, 0.25) is 5.91 Å². The molecule has 1 heterocycles. The first-order valence-corrected chi connectivity index (χ1v) is 9.40. The molecule has 0 aliphatic heterocycles. The van der Waals surface area contributed by atoms with E-state index in [1.165, 1.54) is 25.7 Å². The topological polar surface area (TPSA) is 57.8 Å². The minimum Gasteiger partial charge on any atom is -0.353 e. The Morgan fingerprint density at radius 2 is 2.29 bits per heavy atom. The Morgan fingerprint density at radius 3 is 3.04 bits per heavy atom. The molecule has 0 spiro atoms. The summed E-state index contributed by atoms with van der Waals surface area (Å²) in [5.74, 6) is 3.41. The standard InChI is InChI=1S/C19H24ClN3O/c1-11(15-9-12-2-3-13(15)8-12)21-19(24)7-6-18-22-16-5-4-14(20)10-17(16)23-18/h4-5,10-13,15H,2-3,6-9H2,1H3,(H,21,24)(H,22,23)/t11-,12+,13+,15-/m1/s1. The van der Waals surface area contributed by atoms with Crippen LogP contribution in [0.2, 0.25) is 5.02 Å². The maximum absolute atomic E-state index is 12.3. The normalized spacial score (nSPS) is 26.8. The number of fused-ring (bicyclic) bond motifs is 3. The summed E-state index contributed by atoms with van der Waals surface area (Å²) in [7, 11) is 0. The summed E-state index contributed by atoms with van der Waals surface area (Å²) in [6.07, 6.45) is 6.54. The van der Waals surface area contributed by atoms with Gasteiger partial charge in [0.25, 0.3) is 0 Å². The van der Waals surface area contributed by atoms with E-state index in [9.17, 15) is 4.79 Å². The molecular weight excluding hydrogens is 322 g/mol. The number of carbonyl (C=O) groups excluding carboxylic acids is 1. The second kappa shape index (κ2) is 6.40. The van der Waals surface area contributed by atoms with Crippen LogP contribution in [0.1, 0.15) is 44.9 Å². The summed E-state index contributed by atoms with van der Waals surface area (Å²) < 4.78 is 0. The maximum atomic E-state index is 12.3. The van der Waals surface area contributed by atoms with Crippen molar-refractivity contribution in [2.75, 3.05) is 0 Å². The zero-order valence-corrected chi connectivity index (χ0v) is 14.8. The summed E-state index contributed by atoms with van der Waals surface area (Å²) >= 11 is 5.99. The van der Waals surface area contributed by atoms with Crippen molar-refractivity contribution in [3.8, 4) is 0 Å². The molecule has 5 heteroatoms. The molecule has 128 valence electrons. The lowest BCUT2D eigenvalue weighted by atomic mass is 9.84. The van der Waals surface area contributed by atoms with Crippen LogP contribution in [0.4, 0.5) is 0 Å². The zero-order chi connectivity index (χ0) is 16.7. The minimum atomic E-state index is 0.128. The second-order valence-corrected chi connectivity index (χ2v) is 7.98. The number of nitrogens with zero attached hydrogens (tertiary/aromatic N) is 1. The number of rotatable bonds is 5. The molecule has 2 saturated carbocycles. The van der Waals surface area contributed by atoms with Gasteiger partial charge in [0, 0.05) is 23.9 Å². The minimum absolute atomic E-state index is 0.128. The monoisotopic (exact) mass is 345 g/mol. The van der Waals surface area contributed by atoms with E-state index in [4.69, 9.17) is 11.6 Å². The van der Waals surface area contributed by atoms with Crippen molar-refractivity contribution in [1.29, 1.82) is 0 Å². The molecule has 2 N–H and O–H groups in total. The van der Waals surface area contributed by atoms with Crippen molar-refractivity contribution in [1.82, 2.24) is 15.3 Å². The fourth-order valence-electron chi connectivity index (χ4n) is 4.72. The van der Waals surface area contributed by atoms with Gasteiger partial charge in [-0.15, -0.1) is 0 Å². The lowest BCUT2D eigenvalue weighted by molar-refractivity contribution is -0.122. The number of amides is 1. The van der Waals surface area contributed by atoms with Crippen LogP contribution in [0.25, 0.3) is 11.0 Å². The largest absolute Gasteiger partial charge is 0.353 e. The molecule has 2 aliphatic carbocycles. The van der Waals surface area contributed by atoms with Crippen LogP contribution in [0.5, 0.6) is 0 Å². The highest BCUT2D eigenvalue weighted by atomic mass is 35.5. The average molecular weight is 346 g/mol. The van der Waals surface area contributed by atoms with E-state index in [2.05, 4.69) is 22.2 Å². The van der Waals surface area contributed by atoms with Crippen LogP contribution in [0, 0.1) is 17.8 Å². The first kappa shape index (κ1) is 15.9. The number of aryl methyl sites for hydroxylation is 1. The van der Waals surface area contributed by atoms with Crippen molar-refractivity contribution < 1.29 is 4.79 Å². The number of H-pyrrole nitrogens is 1. The summed E-state index contributed by atoms with van der Waals surface area (Å²) in [4.78, 5) is 20.1. The van der Waals surface area contributed by atoms with Gasteiger partial charge >= 0.3 is 0 Å². The molecule has 2 aliphatic rings. The molecule has 2 bridgehead atoms. The number of halogens is 1. The molecular formula is C19H24ClN3O. The highest BCUT2D eigenvalue weighted by Gasteiger charge is 2.42. The lowest BCUT2D eigenvalue weighted by Gasteiger charge is -2.28. The van der Waals surface area contributed by atoms with E-state index in [1.54, 1.807) is 0 Å². The Labute approximate surface area is 147 Å². The van der Waals surface area contributed by atoms with Gasteiger partial charge in [-0.25, -0.2) is 4.98 Å². The Hall–Kier alpha value is -1.55. The Kier molecular flexibility index (Phi) is 4.25. The molecule has 2 fully saturated rings. The number of imidazole rings is 1. The van der Waals surface area contributed by atoms with Gasteiger partial charge in [0.1, 0.15) is 5.82 Å². The van der Waals surface area contributed by atoms with Gasteiger partial charge in [-0.1, -0.05) is 18.0 Å². The maximum Gasteiger partial charge on any atom is 0.220 e. The molecule has 24 heavy (non-hydrogen) atoms. The van der Waals surface area contributed by atoms with Crippen molar-refractivity contribution in [3.63, 3.8) is 0 Å². The highest BCUT2D eigenvalue weighted by molar-refractivity contribution is 6.31. The number of aromatic amines is 1. The molecule has 0 saturated heterocycles. The third-order valence-electron chi connectivity index (χ3n) is 5.91. The van der Waals surface area contributed by atoms with Crippen LogP contribution in [0.15, 0.2) is 18.2 Å². The van der Waals surface area contributed by atoms with Crippen LogP contribution in [-0.2, 0) is 11.2 Å². The van der Waals surface area contributed by atoms with Crippen molar-refractivity contribution in [2.24, 2.45) is 17.8 Å². The van der Waals surface area contributed by atoms with Gasteiger partial charge in [-0.05, 0) is 62.1 Å². The highest BCUT2D eigenvalue weighted by Crippen LogP contribution is 2.49. The zero-order valence-electron chi connectivity index (χ0n) is 14.0. The van der Waals surface area contributed by atoms with Crippen LogP contribution in [-0.4, -0.2) is 21.9 Å². The fourth-order valence-corrected chi connectivity index (χ4v) is 4.90. The molecule has 4 atom stereocenters. The van der Waals surface area contributed by atoms with Crippen molar-refractivity contribution in [2.45, 2.75) is 51.5 Å². The molecule has 1 aromatic carbocycles. The molecule has 0 unspecified atom stereocenters. The number of nitrogens with one attached hydrogen (secondary N) is 2. The second-order valence-electron chi connectivity index (χ2n) is 7.54. The van der Waals surface area contributed by atoms with Crippen molar-refractivity contribution >= 4 is 28.5 Å². The number of benzene rings is 1. The Morgan fingerprint density at radius 1 is 1.42 bits per heavy atom. The van der Waals surface area contributed by atoms with Crippen LogP contribution < -0.4 is 5.32 Å². The third kappa shape index (κ3) is 3.16. The summed E-state index contributed by atoms with van der Waals surface area (Å²) in [6, 6.07) is 5.89. The van der Waals surface area contributed by atoms with Gasteiger partial charge in [0.05, 0.1) is 11.0 Å². The predicted molar refractivity (Wildman–Crippen MR) is 96.0 cm³/mol. The third-order valence-corrected chi connectivity index (χ3v) is 6.14. The number of aromatic nitrogens is 2. The number of hydrogen-bond donors (Lipinski definition) is 2. The van der Waals surface area contributed by atoms with E-state index < -0.39 is 0 Å². The van der Waals surface area contributed by atoms with E-state index in [0.717, 1.165) is 28.7 Å². The first-order chi connectivity index (χ1) is 11.6. The van der Waals surface area contributed by atoms with E-state index in [1.807, 2.05) is 18.2 Å². The van der Waals surface area contributed by atoms with E-state index >= 15 is 0 Å². The average Bonchev–Trinajstić information content (AvgIpc) is 3.27. The SMILES string of the molecule is C[C@@H](NC(=O)CCc1nc2ccc(Cl)cc2[nH]1)[C@H]1C[C@H]2CC[C@H]1C2. The van der Waals surface area contributed by atoms with Crippen LogP contribution >= 0.6 is 11.6 Å². The Balaban J connectivity index is 1.31. The summed E-state index contributed by atoms with van der Waals surface area (Å²) in [5.41, 5.74) is 1.82.